The average molecular weight is 217 g/mol. The van der Waals surface area contributed by atoms with Crippen LogP contribution in [-0.4, -0.2) is 28.9 Å². The molecular formula is C11H23NO3. The van der Waals surface area contributed by atoms with Gasteiger partial charge in [0.1, 0.15) is 5.60 Å². The van der Waals surface area contributed by atoms with E-state index in [9.17, 15) is 9.90 Å². The van der Waals surface area contributed by atoms with Gasteiger partial charge < -0.3 is 15.2 Å². The second-order valence-electron chi connectivity index (χ2n) is 4.64. The highest BCUT2D eigenvalue weighted by molar-refractivity contribution is 5.68. The molecule has 90 valence electrons. The Morgan fingerprint density at radius 3 is 2.20 bits per heavy atom. The van der Waals surface area contributed by atoms with Crippen LogP contribution in [0.5, 0.6) is 0 Å². The number of nitrogens with one attached hydrogen (secondary N) is 1. The smallest absolute Gasteiger partial charge is 0.407 e. The minimum Gasteiger partial charge on any atom is -0.444 e. The van der Waals surface area contributed by atoms with Gasteiger partial charge in [-0.3, -0.25) is 0 Å². The molecule has 0 aromatic heterocycles. The molecule has 0 heterocycles. The highest BCUT2D eigenvalue weighted by atomic mass is 16.6. The lowest BCUT2D eigenvalue weighted by Crippen LogP contribution is -2.44. The Bertz CT molecular complexity index is 198. The lowest BCUT2D eigenvalue weighted by molar-refractivity contribution is 0.0415. The van der Waals surface area contributed by atoms with Gasteiger partial charge in [-0.15, -0.1) is 0 Å². The SMILES string of the molecule is CC[C@H](O)[C@@H](CC)NC(=O)OC(C)(C)C. The molecule has 0 radical (unpaired) electrons. The zero-order chi connectivity index (χ0) is 12.1. The molecule has 4 heteroatoms. The first-order valence-electron chi connectivity index (χ1n) is 5.47. The predicted octanol–water partition coefficient (Wildman–Crippen LogP) is 2.06. The first-order valence-corrected chi connectivity index (χ1v) is 5.47. The first-order chi connectivity index (χ1) is 6.80. The molecule has 0 aliphatic carbocycles. The summed E-state index contributed by atoms with van der Waals surface area (Å²) in [4.78, 5) is 11.4. The second kappa shape index (κ2) is 5.95. The molecule has 0 spiro atoms. The van der Waals surface area contributed by atoms with Crippen molar-refractivity contribution in [3.8, 4) is 0 Å². The van der Waals surface area contributed by atoms with E-state index in [2.05, 4.69) is 5.32 Å². The predicted molar refractivity (Wildman–Crippen MR) is 59.7 cm³/mol. The van der Waals surface area contributed by atoms with Crippen molar-refractivity contribution in [2.24, 2.45) is 0 Å². The maximum atomic E-state index is 11.4. The number of alkyl carbamates (subject to hydrolysis) is 1. The van der Waals surface area contributed by atoms with Gasteiger partial charge in [-0.1, -0.05) is 13.8 Å². The molecule has 1 amide bonds. The second-order valence-corrected chi connectivity index (χ2v) is 4.64. The molecule has 0 saturated carbocycles. The van der Waals surface area contributed by atoms with Gasteiger partial charge in [0, 0.05) is 0 Å². The standard InChI is InChI=1S/C11H23NO3/c1-6-8(9(13)7-2)12-10(14)15-11(3,4)5/h8-9,13H,6-7H2,1-5H3,(H,12,14)/t8-,9+/m1/s1. The van der Waals surface area contributed by atoms with E-state index < -0.39 is 17.8 Å². The molecule has 15 heavy (non-hydrogen) atoms. The lowest BCUT2D eigenvalue weighted by atomic mass is 10.1. The zero-order valence-electron chi connectivity index (χ0n) is 10.3. The fourth-order valence-corrected chi connectivity index (χ4v) is 1.21. The number of hydrogen-bond donors (Lipinski definition) is 2. The highest BCUT2D eigenvalue weighted by Crippen LogP contribution is 2.08. The van der Waals surface area contributed by atoms with Crippen molar-refractivity contribution < 1.29 is 14.6 Å². The number of rotatable bonds is 4. The summed E-state index contributed by atoms with van der Waals surface area (Å²) in [5.74, 6) is 0. The van der Waals surface area contributed by atoms with Crippen LogP contribution < -0.4 is 5.32 Å². The minimum absolute atomic E-state index is 0.232. The Hall–Kier alpha value is -0.770. The third-order valence-corrected chi connectivity index (χ3v) is 2.02. The van der Waals surface area contributed by atoms with Gasteiger partial charge in [0.2, 0.25) is 0 Å². The molecule has 2 N–H and O–H groups in total. The normalized spacial score (nSPS) is 15.6. The number of hydrogen-bond acceptors (Lipinski definition) is 3. The molecule has 0 unspecified atom stereocenters. The van der Waals surface area contributed by atoms with E-state index >= 15 is 0 Å². The van der Waals surface area contributed by atoms with Crippen LogP contribution in [0.4, 0.5) is 4.79 Å². The first kappa shape index (κ1) is 14.2. The third-order valence-electron chi connectivity index (χ3n) is 2.02. The maximum Gasteiger partial charge on any atom is 0.407 e. The summed E-state index contributed by atoms with van der Waals surface area (Å²) in [6.07, 6.45) is 0.326. The van der Waals surface area contributed by atoms with Crippen LogP contribution in [0.25, 0.3) is 0 Å². The Morgan fingerprint density at radius 2 is 1.87 bits per heavy atom. The van der Waals surface area contributed by atoms with E-state index in [0.29, 0.717) is 12.8 Å². The molecular weight excluding hydrogens is 194 g/mol. The minimum atomic E-state index is -0.512. The maximum absolute atomic E-state index is 11.4. The Morgan fingerprint density at radius 1 is 1.33 bits per heavy atom. The van der Waals surface area contributed by atoms with Crippen LogP contribution in [0.3, 0.4) is 0 Å². The number of carbonyl (C=O) groups is 1. The lowest BCUT2D eigenvalue weighted by Gasteiger charge is -2.25. The van der Waals surface area contributed by atoms with Crippen molar-refractivity contribution in [2.75, 3.05) is 0 Å². The summed E-state index contributed by atoms with van der Waals surface area (Å²) >= 11 is 0. The Balaban J connectivity index is 4.13. The summed E-state index contributed by atoms with van der Waals surface area (Å²) < 4.78 is 5.10. The fourth-order valence-electron chi connectivity index (χ4n) is 1.21. The number of aliphatic hydroxyl groups excluding tert-OH is 1. The van der Waals surface area contributed by atoms with Crippen molar-refractivity contribution in [1.29, 1.82) is 0 Å². The molecule has 0 aliphatic heterocycles. The fraction of sp³-hybridized carbons (Fsp3) is 0.909. The van der Waals surface area contributed by atoms with Crippen molar-refractivity contribution in [2.45, 2.75) is 65.2 Å². The summed E-state index contributed by atoms with van der Waals surface area (Å²) in [7, 11) is 0. The molecule has 2 atom stereocenters. The summed E-state index contributed by atoms with van der Waals surface area (Å²) in [5.41, 5.74) is -0.500. The Kier molecular flexibility index (Phi) is 5.65. The highest BCUT2D eigenvalue weighted by Gasteiger charge is 2.22. The van der Waals surface area contributed by atoms with Crippen molar-refractivity contribution in [3.63, 3.8) is 0 Å². The van der Waals surface area contributed by atoms with E-state index in [4.69, 9.17) is 4.74 Å². The van der Waals surface area contributed by atoms with Crippen LogP contribution in [-0.2, 0) is 4.74 Å². The Labute approximate surface area is 92.0 Å². The van der Waals surface area contributed by atoms with Gasteiger partial charge >= 0.3 is 6.09 Å². The molecule has 0 aromatic rings. The monoisotopic (exact) mass is 217 g/mol. The molecule has 0 fully saturated rings. The summed E-state index contributed by atoms with van der Waals surface area (Å²) in [6, 6.07) is -0.232. The van der Waals surface area contributed by atoms with Crippen LogP contribution in [0.15, 0.2) is 0 Å². The van der Waals surface area contributed by atoms with E-state index in [0.717, 1.165) is 0 Å². The number of ether oxygens (including phenoxy) is 1. The van der Waals surface area contributed by atoms with Crippen LogP contribution in [0, 0.1) is 0 Å². The van der Waals surface area contributed by atoms with Crippen LogP contribution in [0.2, 0.25) is 0 Å². The molecule has 0 aliphatic rings. The van der Waals surface area contributed by atoms with Gasteiger partial charge in [-0.05, 0) is 33.6 Å². The third kappa shape index (κ3) is 6.33. The molecule has 0 aromatic carbocycles. The molecule has 0 saturated heterocycles. The van der Waals surface area contributed by atoms with E-state index in [-0.39, 0.29) is 6.04 Å². The zero-order valence-corrected chi connectivity index (χ0v) is 10.3. The molecule has 4 nitrogen and oxygen atoms in total. The quantitative estimate of drug-likeness (QED) is 0.757. The number of aliphatic hydroxyl groups is 1. The van der Waals surface area contributed by atoms with Crippen molar-refractivity contribution >= 4 is 6.09 Å². The van der Waals surface area contributed by atoms with Crippen molar-refractivity contribution in [1.82, 2.24) is 5.32 Å². The molecule has 0 bridgehead atoms. The van der Waals surface area contributed by atoms with E-state index in [1.54, 1.807) is 0 Å². The average Bonchev–Trinajstić information content (AvgIpc) is 2.10. The number of carbonyl (C=O) groups excluding carboxylic acids is 1. The van der Waals surface area contributed by atoms with Gasteiger partial charge in [0.15, 0.2) is 0 Å². The van der Waals surface area contributed by atoms with Gasteiger partial charge in [-0.2, -0.15) is 0 Å². The van der Waals surface area contributed by atoms with E-state index in [1.165, 1.54) is 0 Å². The van der Waals surface area contributed by atoms with Gasteiger partial charge in [0.25, 0.3) is 0 Å². The summed E-state index contributed by atoms with van der Waals surface area (Å²) in [6.45, 7) is 9.22. The van der Waals surface area contributed by atoms with Gasteiger partial charge in [-0.25, -0.2) is 4.79 Å². The van der Waals surface area contributed by atoms with Gasteiger partial charge in [0.05, 0.1) is 12.1 Å². The van der Waals surface area contributed by atoms with E-state index in [1.807, 2.05) is 34.6 Å². The largest absolute Gasteiger partial charge is 0.444 e. The summed E-state index contributed by atoms with van der Waals surface area (Å²) in [5, 5.41) is 12.3. The van der Waals surface area contributed by atoms with Crippen molar-refractivity contribution in [3.05, 3.63) is 0 Å². The van der Waals surface area contributed by atoms with Crippen LogP contribution >= 0.6 is 0 Å². The number of amides is 1. The van der Waals surface area contributed by atoms with Crippen LogP contribution in [0.1, 0.15) is 47.5 Å². The topological polar surface area (TPSA) is 58.6 Å². The molecule has 0 rings (SSSR count).